The number of pyridine rings is 1. The number of nitrogens with one attached hydrogen (secondary N) is 1. The van der Waals surface area contributed by atoms with Gasteiger partial charge < -0.3 is 15.0 Å². The molecule has 116 valence electrons. The molecule has 0 bridgehead atoms. The minimum Gasteiger partial charge on any atom is -0.438 e. The SMILES string of the molecule is CNCCN(C)C(=O)c1cccnc1Oc1ccc(Br)cc1. The molecule has 22 heavy (non-hydrogen) atoms. The predicted octanol–water partition coefficient (Wildman–Crippen LogP) is 2.93. The molecule has 2 rings (SSSR count). The summed E-state index contributed by atoms with van der Waals surface area (Å²) in [6.45, 7) is 1.34. The van der Waals surface area contributed by atoms with Crippen molar-refractivity contribution in [3.63, 3.8) is 0 Å². The molecule has 0 aliphatic heterocycles. The first-order valence-corrected chi connectivity index (χ1v) is 7.69. The summed E-state index contributed by atoms with van der Waals surface area (Å²) in [5.41, 5.74) is 0.448. The van der Waals surface area contributed by atoms with Crippen LogP contribution in [0, 0.1) is 0 Å². The van der Waals surface area contributed by atoms with Crippen LogP contribution in [-0.2, 0) is 0 Å². The van der Waals surface area contributed by atoms with Crippen LogP contribution in [0.3, 0.4) is 0 Å². The number of aromatic nitrogens is 1. The molecular weight excluding hydrogens is 346 g/mol. The third-order valence-electron chi connectivity index (χ3n) is 3.07. The van der Waals surface area contributed by atoms with Gasteiger partial charge in [0.1, 0.15) is 11.3 Å². The Labute approximate surface area is 138 Å². The Balaban J connectivity index is 2.19. The third kappa shape index (κ3) is 4.29. The standard InChI is InChI=1S/C16H18BrN3O2/c1-18-10-11-20(2)16(21)14-4-3-9-19-15(14)22-13-7-5-12(17)6-8-13/h3-9,18H,10-11H2,1-2H3. The molecule has 2 aromatic rings. The van der Waals surface area contributed by atoms with Gasteiger partial charge in [-0.25, -0.2) is 4.98 Å². The Morgan fingerprint density at radius 3 is 2.73 bits per heavy atom. The van der Waals surface area contributed by atoms with E-state index in [1.54, 1.807) is 30.3 Å². The van der Waals surface area contributed by atoms with Crippen LogP contribution >= 0.6 is 15.9 Å². The number of amides is 1. The first kappa shape index (κ1) is 16.5. The van der Waals surface area contributed by atoms with Gasteiger partial charge in [0.25, 0.3) is 5.91 Å². The molecule has 5 nitrogen and oxygen atoms in total. The summed E-state index contributed by atoms with van der Waals surface area (Å²) in [5, 5.41) is 3.02. The van der Waals surface area contributed by atoms with E-state index in [0.29, 0.717) is 23.7 Å². The molecule has 0 fully saturated rings. The summed E-state index contributed by atoms with van der Waals surface area (Å²) in [6, 6.07) is 10.8. The Hall–Kier alpha value is -1.92. The van der Waals surface area contributed by atoms with Crippen LogP contribution in [0.4, 0.5) is 0 Å². The number of likely N-dealkylation sites (N-methyl/N-ethyl adjacent to an activating group) is 2. The van der Waals surface area contributed by atoms with Gasteiger partial charge in [0, 0.05) is 30.8 Å². The van der Waals surface area contributed by atoms with E-state index in [1.165, 1.54) is 0 Å². The van der Waals surface area contributed by atoms with E-state index >= 15 is 0 Å². The average Bonchev–Trinajstić information content (AvgIpc) is 2.54. The number of nitrogens with zero attached hydrogens (tertiary/aromatic N) is 2. The lowest BCUT2D eigenvalue weighted by atomic mass is 10.2. The fourth-order valence-electron chi connectivity index (χ4n) is 1.84. The van der Waals surface area contributed by atoms with E-state index in [-0.39, 0.29) is 5.91 Å². The molecule has 1 aromatic carbocycles. The van der Waals surface area contributed by atoms with Crippen molar-refractivity contribution in [2.24, 2.45) is 0 Å². The average molecular weight is 364 g/mol. The molecule has 1 heterocycles. The van der Waals surface area contributed by atoms with Gasteiger partial charge in [-0.3, -0.25) is 4.79 Å². The number of halogens is 1. The van der Waals surface area contributed by atoms with Crippen molar-refractivity contribution in [1.29, 1.82) is 0 Å². The van der Waals surface area contributed by atoms with Crippen LogP contribution in [0.5, 0.6) is 11.6 Å². The molecule has 0 aliphatic carbocycles. The quantitative estimate of drug-likeness (QED) is 0.857. The summed E-state index contributed by atoms with van der Waals surface area (Å²) in [4.78, 5) is 18.3. The second kappa shape index (κ2) is 7.91. The smallest absolute Gasteiger partial charge is 0.259 e. The van der Waals surface area contributed by atoms with E-state index in [4.69, 9.17) is 4.74 Å². The van der Waals surface area contributed by atoms with Crippen molar-refractivity contribution in [2.45, 2.75) is 0 Å². The zero-order valence-electron chi connectivity index (χ0n) is 12.5. The molecule has 1 amide bonds. The van der Waals surface area contributed by atoms with Crippen LogP contribution < -0.4 is 10.1 Å². The number of carbonyl (C=O) groups is 1. The number of rotatable bonds is 6. The molecule has 0 unspecified atom stereocenters. The van der Waals surface area contributed by atoms with E-state index in [0.717, 1.165) is 11.0 Å². The number of ether oxygens (including phenoxy) is 1. The van der Waals surface area contributed by atoms with Crippen molar-refractivity contribution in [3.8, 4) is 11.6 Å². The Morgan fingerprint density at radius 2 is 2.05 bits per heavy atom. The monoisotopic (exact) mass is 363 g/mol. The van der Waals surface area contributed by atoms with Gasteiger partial charge in [-0.05, 0) is 43.4 Å². The highest BCUT2D eigenvalue weighted by atomic mass is 79.9. The molecule has 0 saturated carbocycles. The minimum atomic E-state index is -0.115. The number of hydrogen-bond acceptors (Lipinski definition) is 4. The van der Waals surface area contributed by atoms with E-state index in [1.807, 2.05) is 31.3 Å². The Kier molecular flexibility index (Phi) is 5.91. The summed E-state index contributed by atoms with van der Waals surface area (Å²) in [7, 11) is 3.61. The molecule has 6 heteroatoms. The van der Waals surface area contributed by atoms with Gasteiger partial charge in [0.2, 0.25) is 5.88 Å². The lowest BCUT2D eigenvalue weighted by Crippen LogP contribution is -2.33. The maximum absolute atomic E-state index is 12.5. The predicted molar refractivity (Wildman–Crippen MR) is 89.3 cm³/mol. The van der Waals surface area contributed by atoms with Crippen LogP contribution in [0.2, 0.25) is 0 Å². The molecule has 0 aliphatic rings. The van der Waals surface area contributed by atoms with Crippen molar-refractivity contribution >= 4 is 21.8 Å². The summed E-state index contributed by atoms with van der Waals surface area (Å²) in [6.07, 6.45) is 1.61. The fourth-order valence-corrected chi connectivity index (χ4v) is 2.10. The van der Waals surface area contributed by atoms with Gasteiger partial charge in [0.05, 0.1) is 0 Å². The van der Waals surface area contributed by atoms with E-state index in [9.17, 15) is 4.79 Å². The lowest BCUT2D eigenvalue weighted by Gasteiger charge is -2.18. The second-order valence-corrected chi connectivity index (χ2v) is 5.66. The molecule has 1 N–H and O–H groups in total. The maximum Gasteiger partial charge on any atom is 0.259 e. The van der Waals surface area contributed by atoms with Gasteiger partial charge in [-0.15, -0.1) is 0 Å². The van der Waals surface area contributed by atoms with E-state index < -0.39 is 0 Å². The number of benzene rings is 1. The fraction of sp³-hybridized carbons (Fsp3) is 0.250. The molecule has 1 aromatic heterocycles. The highest BCUT2D eigenvalue weighted by Gasteiger charge is 2.17. The number of carbonyl (C=O) groups excluding carboxylic acids is 1. The van der Waals surface area contributed by atoms with Crippen molar-refractivity contribution in [1.82, 2.24) is 15.2 Å². The van der Waals surface area contributed by atoms with Gasteiger partial charge in [-0.2, -0.15) is 0 Å². The van der Waals surface area contributed by atoms with Crippen LogP contribution in [0.1, 0.15) is 10.4 Å². The van der Waals surface area contributed by atoms with Crippen LogP contribution in [-0.4, -0.2) is 43.0 Å². The zero-order valence-corrected chi connectivity index (χ0v) is 14.1. The summed E-state index contributed by atoms with van der Waals surface area (Å²) >= 11 is 3.37. The second-order valence-electron chi connectivity index (χ2n) is 4.74. The number of hydrogen-bond donors (Lipinski definition) is 1. The highest BCUT2D eigenvalue weighted by molar-refractivity contribution is 9.10. The zero-order chi connectivity index (χ0) is 15.9. The van der Waals surface area contributed by atoms with E-state index in [2.05, 4.69) is 26.2 Å². The van der Waals surface area contributed by atoms with Gasteiger partial charge in [0.15, 0.2) is 0 Å². The summed E-state index contributed by atoms with van der Waals surface area (Å²) < 4.78 is 6.71. The van der Waals surface area contributed by atoms with Crippen molar-refractivity contribution in [3.05, 3.63) is 52.6 Å². The molecule has 0 saturated heterocycles. The van der Waals surface area contributed by atoms with Crippen LogP contribution in [0.15, 0.2) is 47.1 Å². The molecule has 0 atom stereocenters. The van der Waals surface area contributed by atoms with Crippen molar-refractivity contribution < 1.29 is 9.53 Å². The highest BCUT2D eigenvalue weighted by Crippen LogP contribution is 2.25. The molecular formula is C16H18BrN3O2. The minimum absolute atomic E-state index is 0.115. The Bertz CT molecular complexity index is 632. The maximum atomic E-state index is 12.5. The van der Waals surface area contributed by atoms with Crippen LogP contribution in [0.25, 0.3) is 0 Å². The molecule has 0 radical (unpaired) electrons. The first-order valence-electron chi connectivity index (χ1n) is 6.90. The largest absolute Gasteiger partial charge is 0.438 e. The lowest BCUT2D eigenvalue weighted by molar-refractivity contribution is 0.0793. The van der Waals surface area contributed by atoms with Crippen molar-refractivity contribution in [2.75, 3.05) is 27.2 Å². The Morgan fingerprint density at radius 1 is 1.32 bits per heavy atom. The van der Waals surface area contributed by atoms with Gasteiger partial charge in [-0.1, -0.05) is 15.9 Å². The third-order valence-corrected chi connectivity index (χ3v) is 3.60. The summed E-state index contributed by atoms with van der Waals surface area (Å²) in [5.74, 6) is 0.829. The van der Waals surface area contributed by atoms with Gasteiger partial charge >= 0.3 is 0 Å². The molecule has 0 spiro atoms. The normalized spacial score (nSPS) is 10.3. The topological polar surface area (TPSA) is 54.5 Å². The first-order chi connectivity index (χ1) is 10.6.